The van der Waals surface area contributed by atoms with Crippen LogP contribution in [0.25, 0.3) is 0 Å². The second-order valence-corrected chi connectivity index (χ2v) is 9.19. The van der Waals surface area contributed by atoms with Crippen molar-refractivity contribution in [2.24, 2.45) is 0 Å². The summed E-state index contributed by atoms with van der Waals surface area (Å²) in [7, 11) is 12.6. The summed E-state index contributed by atoms with van der Waals surface area (Å²) in [6.07, 6.45) is 0. The maximum absolute atomic E-state index is 2.27. The highest BCUT2D eigenvalue weighted by Gasteiger charge is 2.19. The van der Waals surface area contributed by atoms with Gasteiger partial charge in [0.2, 0.25) is 0 Å². The maximum atomic E-state index is 2.27. The average Bonchev–Trinajstić information content (AvgIpc) is 2.58. The van der Waals surface area contributed by atoms with Gasteiger partial charge in [0, 0.05) is 13.1 Å². The molecule has 0 heterocycles. The molecule has 2 aromatic carbocycles. The molecule has 2 rings (SSSR count). The first-order valence-corrected chi connectivity index (χ1v) is 10.6. The fourth-order valence-electron chi connectivity index (χ4n) is 2.52. The van der Waals surface area contributed by atoms with E-state index in [1.165, 1.54) is 11.1 Å². The molecule has 0 saturated heterocycles. The van der Waals surface area contributed by atoms with Crippen molar-refractivity contribution in [2.45, 2.75) is 10.5 Å². The Bertz CT molecular complexity index is 519. The van der Waals surface area contributed by atoms with Crippen molar-refractivity contribution in [3.05, 3.63) is 71.8 Å². The largest absolute Gasteiger partial charge is 0.308 e. The molecule has 2 aromatic rings. The predicted molar refractivity (Wildman–Crippen MR) is 111 cm³/mol. The third kappa shape index (κ3) is 6.52. The monoisotopic (exact) mass is 360 g/mol. The summed E-state index contributed by atoms with van der Waals surface area (Å²) in [6, 6.07) is 21.7. The van der Waals surface area contributed by atoms with Gasteiger partial charge in [-0.05, 0) is 39.3 Å². The van der Waals surface area contributed by atoms with Crippen LogP contribution in [0.5, 0.6) is 0 Å². The number of benzene rings is 2. The zero-order chi connectivity index (χ0) is 17.4. The second kappa shape index (κ2) is 10.1. The topological polar surface area (TPSA) is 6.48 Å². The summed E-state index contributed by atoms with van der Waals surface area (Å²) in [5.74, 6) is 0. The van der Waals surface area contributed by atoms with E-state index < -0.39 is 0 Å². The van der Waals surface area contributed by atoms with Crippen LogP contribution in [0.3, 0.4) is 0 Å². The number of rotatable bonds is 9. The van der Waals surface area contributed by atoms with Crippen LogP contribution in [0.4, 0.5) is 0 Å². The molecule has 0 aliphatic heterocycles. The minimum Gasteiger partial charge on any atom is -0.308 e. The molecule has 2 atom stereocenters. The number of likely N-dealkylation sites (N-methyl/N-ethyl adjacent to an activating group) is 2. The highest BCUT2D eigenvalue weighted by molar-refractivity contribution is 8.76. The van der Waals surface area contributed by atoms with Gasteiger partial charge in [0.25, 0.3) is 0 Å². The molecule has 0 spiro atoms. The molecule has 0 saturated carbocycles. The van der Waals surface area contributed by atoms with E-state index in [0.717, 1.165) is 13.1 Å². The Kier molecular flexibility index (Phi) is 8.19. The van der Waals surface area contributed by atoms with E-state index in [1.54, 1.807) is 0 Å². The minimum absolute atomic E-state index is 0.472. The van der Waals surface area contributed by atoms with Crippen LogP contribution >= 0.6 is 21.6 Å². The summed E-state index contributed by atoms with van der Waals surface area (Å²) in [5, 5.41) is 0.944. The van der Waals surface area contributed by atoms with Gasteiger partial charge in [0.05, 0.1) is 10.5 Å². The van der Waals surface area contributed by atoms with Crippen LogP contribution in [0.2, 0.25) is 0 Å². The SMILES string of the molecule is CN(C)C[C@@H](SS[C@H](CN(C)C)c1ccccc1)c1ccccc1. The molecule has 130 valence electrons. The molecule has 0 amide bonds. The highest BCUT2D eigenvalue weighted by Crippen LogP contribution is 2.46. The first-order valence-electron chi connectivity index (χ1n) is 8.27. The van der Waals surface area contributed by atoms with Gasteiger partial charge >= 0.3 is 0 Å². The van der Waals surface area contributed by atoms with Crippen LogP contribution in [0, 0.1) is 0 Å². The lowest BCUT2D eigenvalue weighted by Gasteiger charge is -2.25. The Morgan fingerprint density at radius 2 is 0.958 bits per heavy atom. The van der Waals surface area contributed by atoms with E-state index in [-0.39, 0.29) is 0 Å². The molecular weight excluding hydrogens is 332 g/mol. The Morgan fingerprint density at radius 3 is 1.25 bits per heavy atom. The van der Waals surface area contributed by atoms with Gasteiger partial charge in [-0.15, -0.1) is 0 Å². The van der Waals surface area contributed by atoms with E-state index in [2.05, 4.69) is 98.7 Å². The van der Waals surface area contributed by atoms with Gasteiger partial charge in [-0.25, -0.2) is 0 Å². The molecule has 0 unspecified atom stereocenters. The smallest absolute Gasteiger partial charge is 0.0528 e. The van der Waals surface area contributed by atoms with E-state index in [0.29, 0.717) is 10.5 Å². The van der Waals surface area contributed by atoms with Crippen LogP contribution in [0.15, 0.2) is 60.7 Å². The molecule has 24 heavy (non-hydrogen) atoms. The van der Waals surface area contributed by atoms with Crippen molar-refractivity contribution in [2.75, 3.05) is 41.3 Å². The minimum atomic E-state index is 0.472. The van der Waals surface area contributed by atoms with Crippen molar-refractivity contribution in [1.29, 1.82) is 0 Å². The summed E-state index contributed by atoms with van der Waals surface area (Å²) in [5.41, 5.74) is 2.81. The van der Waals surface area contributed by atoms with Crippen molar-refractivity contribution in [1.82, 2.24) is 9.80 Å². The fraction of sp³-hybridized carbons (Fsp3) is 0.400. The Hall–Kier alpha value is -0.940. The molecule has 0 aliphatic rings. The van der Waals surface area contributed by atoms with Crippen molar-refractivity contribution < 1.29 is 0 Å². The molecule has 0 N–H and O–H groups in total. The summed E-state index contributed by atoms with van der Waals surface area (Å²) < 4.78 is 0. The van der Waals surface area contributed by atoms with Crippen LogP contribution in [0.1, 0.15) is 21.6 Å². The molecule has 0 aliphatic carbocycles. The first-order chi connectivity index (χ1) is 11.6. The normalized spacial score (nSPS) is 14.1. The molecular formula is C20H28N2S2. The zero-order valence-electron chi connectivity index (χ0n) is 15.1. The lowest BCUT2D eigenvalue weighted by molar-refractivity contribution is 0.409. The van der Waals surface area contributed by atoms with Crippen molar-refractivity contribution in [3.8, 4) is 0 Å². The number of hydrogen-bond acceptors (Lipinski definition) is 4. The second-order valence-electron chi connectivity index (χ2n) is 6.52. The number of hydrogen-bond donors (Lipinski definition) is 0. The van der Waals surface area contributed by atoms with E-state index in [4.69, 9.17) is 0 Å². The van der Waals surface area contributed by atoms with Gasteiger partial charge in [-0.2, -0.15) is 0 Å². The van der Waals surface area contributed by atoms with Gasteiger partial charge < -0.3 is 9.80 Å². The average molecular weight is 361 g/mol. The molecule has 0 fully saturated rings. The van der Waals surface area contributed by atoms with Crippen LogP contribution < -0.4 is 0 Å². The molecule has 4 heteroatoms. The maximum Gasteiger partial charge on any atom is 0.0528 e. The van der Waals surface area contributed by atoms with Crippen LogP contribution in [-0.4, -0.2) is 51.1 Å². The Morgan fingerprint density at radius 1 is 0.625 bits per heavy atom. The predicted octanol–water partition coefficient (Wildman–Crippen LogP) is 4.97. The molecule has 0 aromatic heterocycles. The summed E-state index contributed by atoms with van der Waals surface area (Å²) in [4.78, 5) is 4.55. The third-order valence-electron chi connectivity index (χ3n) is 3.69. The lowest BCUT2D eigenvalue weighted by atomic mass is 10.1. The Labute approximate surface area is 155 Å². The van der Waals surface area contributed by atoms with Gasteiger partial charge in [0.15, 0.2) is 0 Å². The third-order valence-corrected chi connectivity index (χ3v) is 6.84. The fourth-order valence-corrected chi connectivity index (χ4v) is 5.87. The van der Waals surface area contributed by atoms with Gasteiger partial charge in [-0.1, -0.05) is 82.3 Å². The summed E-state index contributed by atoms with van der Waals surface area (Å²) in [6.45, 7) is 2.09. The van der Waals surface area contributed by atoms with E-state index >= 15 is 0 Å². The van der Waals surface area contributed by atoms with Gasteiger partial charge in [0.1, 0.15) is 0 Å². The molecule has 2 nitrogen and oxygen atoms in total. The Balaban J connectivity index is 2.09. The lowest BCUT2D eigenvalue weighted by Crippen LogP contribution is -2.20. The first kappa shape index (κ1) is 19.4. The number of nitrogens with zero attached hydrogens (tertiary/aromatic N) is 2. The van der Waals surface area contributed by atoms with E-state index in [1.807, 2.05) is 21.6 Å². The van der Waals surface area contributed by atoms with Crippen LogP contribution in [-0.2, 0) is 0 Å². The zero-order valence-corrected chi connectivity index (χ0v) is 16.7. The molecule has 0 radical (unpaired) electrons. The van der Waals surface area contributed by atoms with Crippen molar-refractivity contribution >= 4 is 21.6 Å². The molecule has 0 bridgehead atoms. The summed E-state index contributed by atoms with van der Waals surface area (Å²) >= 11 is 0. The van der Waals surface area contributed by atoms with Gasteiger partial charge in [-0.3, -0.25) is 0 Å². The van der Waals surface area contributed by atoms with Crippen molar-refractivity contribution in [3.63, 3.8) is 0 Å². The standard InChI is InChI=1S/C20H28N2S2/c1-21(2)15-19(17-11-7-5-8-12-17)23-24-20(16-22(3)4)18-13-9-6-10-14-18/h5-14,19-20H,15-16H2,1-4H3/t19-,20-/m1/s1. The quantitative estimate of drug-likeness (QED) is 0.582. The highest BCUT2D eigenvalue weighted by atomic mass is 33.1. The van der Waals surface area contributed by atoms with E-state index in [9.17, 15) is 0 Å².